The average molecular weight is 249 g/mol. The van der Waals surface area contributed by atoms with Crippen LogP contribution in [0.15, 0.2) is 24.3 Å². The molecule has 0 atom stereocenters. The standard InChI is InChI=1S/C12H15N3O3/c13-11(18)8-2-1-3-9(4-8)15-12(5-10(16)17)6-14-7-12/h1-4,14-15H,5-7H2,(H2,13,18)(H,16,17). The molecule has 0 unspecified atom stereocenters. The Hall–Kier alpha value is -2.08. The molecule has 1 saturated heterocycles. The summed E-state index contributed by atoms with van der Waals surface area (Å²) in [5.41, 5.74) is 5.82. The third kappa shape index (κ3) is 2.60. The van der Waals surface area contributed by atoms with E-state index >= 15 is 0 Å². The molecule has 0 aliphatic carbocycles. The Bertz CT molecular complexity index is 483. The number of nitrogens with one attached hydrogen (secondary N) is 2. The largest absolute Gasteiger partial charge is 0.481 e. The van der Waals surface area contributed by atoms with Gasteiger partial charge in [0.15, 0.2) is 0 Å². The van der Waals surface area contributed by atoms with E-state index in [9.17, 15) is 9.59 Å². The van der Waals surface area contributed by atoms with Crippen LogP contribution >= 0.6 is 0 Å². The first-order valence-electron chi connectivity index (χ1n) is 5.61. The number of rotatable bonds is 5. The Morgan fingerprint density at radius 1 is 1.44 bits per heavy atom. The summed E-state index contributed by atoms with van der Waals surface area (Å²) in [6.45, 7) is 1.17. The molecule has 1 aromatic carbocycles. The second-order valence-corrected chi connectivity index (χ2v) is 4.52. The minimum atomic E-state index is -0.852. The van der Waals surface area contributed by atoms with Crippen molar-refractivity contribution in [3.63, 3.8) is 0 Å². The second kappa shape index (κ2) is 4.66. The number of carbonyl (C=O) groups excluding carboxylic acids is 1. The van der Waals surface area contributed by atoms with E-state index in [2.05, 4.69) is 10.6 Å². The molecule has 0 aromatic heterocycles. The van der Waals surface area contributed by atoms with Crippen molar-refractivity contribution in [2.75, 3.05) is 18.4 Å². The Balaban J connectivity index is 2.14. The van der Waals surface area contributed by atoms with Gasteiger partial charge in [0, 0.05) is 24.3 Å². The van der Waals surface area contributed by atoms with Crippen LogP contribution in [0, 0.1) is 0 Å². The van der Waals surface area contributed by atoms with E-state index in [-0.39, 0.29) is 6.42 Å². The van der Waals surface area contributed by atoms with Gasteiger partial charge in [-0.15, -0.1) is 0 Å². The topological polar surface area (TPSA) is 104 Å². The summed E-state index contributed by atoms with van der Waals surface area (Å²) >= 11 is 0. The number of carboxylic acids is 1. The molecule has 1 amide bonds. The van der Waals surface area contributed by atoms with Crippen LogP contribution in [0.2, 0.25) is 0 Å². The van der Waals surface area contributed by atoms with Gasteiger partial charge in [-0.2, -0.15) is 0 Å². The maximum atomic E-state index is 11.1. The lowest BCUT2D eigenvalue weighted by Gasteiger charge is -2.43. The first kappa shape index (κ1) is 12.4. The maximum absolute atomic E-state index is 11.1. The molecule has 0 saturated carbocycles. The highest BCUT2D eigenvalue weighted by molar-refractivity contribution is 5.93. The van der Waals surface area contributed by atoms with E-state index in [4.69, 9.17) is 10.8 Å². The summed E-state index contributed by atoms with van der Waals surface area (Å²) in [5, 5.41) is 15.1. The van der Waals surface area contributed by atoms with Crippen LogP contribution in [0.1, 0.15) is 16.8 Å². The number of aliphatic carboxylic acids is 1. The predicted octanol–water partition coefficient (Wildman–Crippen LogP) is 0.0141. The zero-order chi connectivity index (χ0) is 13.2. The third-order valence-electron chi connectivity index (χ3n) is 2.97. The quantitative estimate of drug-likeness (QED) is 0.588. The molecular formula is C12H15N3O3. The second-order valence-electron chi connectivity index (χ2n) is 4.52. The molecule has 5 N–H and O–H groups in total. The Morgan fingerprint density at radius 2 is 2.17 bits per heavy atom. The normalized spacial score (nSPS) is 16.7. The Labute approximate surface area is 104 Å². The number of hydrogen-bond donors (Lipinski definition) is 4. The molecule has 0 bridgehead atoms. The number of amides is 1. The van der Waals surface area contributed by atoms with Gasteiger partial charge in [-0.05, 0) is 18.2 Å². The van der Waals surface area contributed by atoms with Crippen LogP contribution in [0.25, 0.3) is 0 Å². The van der Waals surface area contributed by atoms with Crippen LogP contribution in [0.5, 0.6) is 0 Å². The van der Waals surface area contributed by atoms with Crippen molar-refractivity contribution in [3.8, 4) is 0 Å². The van der Waals surface area contributed by atoms with Crippen LogP contribution in [-0.4, -0.2) is 35.6 Å². The van der Waals surface area contributed by atoms with Crippen LogP contribution in [0.4, 0.5) is 5.69 Å². The highest BCUT2D eigenvalue weighted by atomic mass is 16.4. The van der Waals surface area contributed by atoms with Crippen molar-refractivity contribution in [2.45, 2.75) is 12.0 Å². The minimum absolute atomic E-state index is 0.0286. The summed E-state index contributed by atoms with van der Waals surface area (Å²) in [5.74, 6) is -1.35. The summed E-state index contributed by atoms with van der Waals surface area (Å²) < 4.78 is 0. The number of anilines is 1. The molecule has 1 heterocycles. The molecule has 1 aliphatic rings. The fraction of sp³-hybridized carbons (Fsp3) is 0.333. The molecule has 6 heteroatoms. The van der Waals surface area contributed by atoms with Gasteiger partial charge in [0.25, 0.3) is 0 Å². The maximum Gasteiger partial charge on any atom is 0.305 e. The van der Waals surface area contributed by atoms with Gasteiger partial charge in [0.2, 0.25) is 5.91 Å². The molecule has 6 nitrogen and oxygen atoms in total. The van der Waals surface area contributed by atoms with Crippen molar-refractivity contribution >= 4 is 17.6 Å². The smallest absolute Gasteiger partial charge is 0.305 e. The van der Waals surface area contributed by atoms with Crippen LogP contribution in [-0.2, 0) is 4.79 Å². The van der Waals surface area contributed by atoms with Gasteiger partial charge < -0.3 is 21.5 Å². The van der Waals surface area contributed by atoms with Gasteiger partial charge in [0.1, 0.15) is 0 Å². The van der Waals surface area contributed by atoms with Crippen molar-refractivity contribution in [1.29, 1.82) is 0 Å². The molecule has 1 fully saturated rings. The lowest BCUT2D eigenvalue weighted by molar-refractivity contribution is -0.138. The zero-order valence-corrected chi connectivity index (χ0v) is 9.77. The summed E-state index contributed by atoms with van der Waals surface area (Å²) in [6.07, 6.45) is 0.0286. The monoisotopic (exact) mass is 249 g/mol. The molecule has 18 heavy (non-hydrogen) atoms. The third-order valence-corrected chi connectivity index (χ3v) is 2.97. The molecule has 96 valence electrons. The number of hydrogen-bond acceptors (Lipinski definition) is 4. The zero-order valence-electron chi connectivity index (χ0n) is 9.77. The molecular weight excluding hydrogens is 234 g/mol. The minimum Gasteiger partial charge on any atom is -0.481 e. The summed E-state index contributed by atoms with van der Waals surface area (Å²) in [4.78, 5) is 21.9. The van der Waals surface area contributed by atoms with Gasteiger partial charge in [-0.1, -0.05) is 6.07 Å². The van der Waals surface area contributed by atoms with E-state index in [1.807, 2.05) is 0 Å². The summed E-state index contributed by atoms with van der Waals surface area (Å²) in [7, 11) is 0. The molecule has 0 radical (unpaired) electrons. The van der Waals surface area contributed by atoms with Crippen LogP contribution < -0.4 is 16.4 Å². The molecule has 2 rings (SSSR count). The number of carboxylic acid groups (broad SMARTS) is 1. The van der Waals surface area contributed by atoms with E-state index in [0.29, 0.717) is 24.3 Å². The number of primary amides is 1. The first-order chi connectivity index (χ1) is 8.51. The Morgan fingerprint density at radius 3 is 2.67 bits per heavy atom. The average Bonchev–Trinajstić information content (AvgIpc) is 2.25. The fourth-order valence-electron chi connectivity index (χ4n) is 2.03. The highest BCUT2D eigenvalue weighted by Crippen LogP contribution is 2.23. The summed E-state index contributed by atoms with van der Waals surface area (Å²) in [6, 6.07) is 6.75. The highest BCUT2D eigenvalue weighted by Gasteiger charge is 2.39. The lowest BCUT2D eigenvalue weighted by atomic mass is 9.88. The van der Waals surface area contributed by atoms with Gasteiger partial charge >= 0.3 is 5.97 Å². The first-order valence-corrected chi connectivity index (χ1v) is 5.61. The number of carbonyl (C=O) groups is 2. The van der Waals surface area contributed by atoms with Gasteiger partial charge in [-0.3, -0.25) is 9.59 Å². The van der Waals surface area contributed by atoms with Crippen molar-refractivity contribution < 1.29 is 14.7 Å². The fourth-order valence-corrected chi connectivity index (χ4v) is 2.03. The van der Waals surface area contributed by atoms with Gasteiger partial charge in [-0.25, -0.2) is 0 Å². The SMILES string of the molecule is NC(=O)c1cccc(NC2(CC(=O)O)CNC2)c1. The van der Waals surface area contributed by atoms with E-state index in [1.165, 1.54) is 0 Å². The molecule has 1 aliphatic heterocycles. The number of benzene rings is 1. The van der Waals surface area contributed by atoms with Gasteiger partial charge in [0.05, 0.1) is 12.0 Å². The van der Waals surface area contributed by atoms with Crippen molar-refractivity contribution in [1.82, 2.24) is 5.32 Å². The Kier molecular flexibility index (Phi) is 3.20. The van der Waals surface area contributed by atoms with Crippen molar-refractivity contribution in [3.05, 3.63) is 29.8 Å². The van der Waals surface area contributed by atoms with E-state index in [1.54, 1.807) is 24.3 Å². The van der Waals surface area contributed by atoms with Crippen molar-refractivity contribution in [2.24, 2.45) is 5.73 Å². The van der Waals surface area contributed by atoms with E-state index < -0.39 is 17.4 Å². The predicted molar refractivity (Wildman–Crippen MR) is 66.4 cm³/mol. The van der Waals surface area contributed by atoms with E-state index in [0.717, 1.165) is 0 Å². The molecule has 0 spiro atoms. The molecule has 1 aromatic rings. The van der Waals surface area contributed by atoms with Crippen LogP contribution in [0.3, 0.4) is 0 Å². The number of nitrogens with two attached hydrogens (primary N) is 1. The lowest BCUT2D eigenvalue weighted by Crippen LogP contribution is -2.65.